The molecule has 2 aromatic heterocycles. The van der Waals surface area contributed by atoms with Crippen LogP contribution in [-0.2, 0) is 5.41 Å². The van der Waals surface area contributed by atoms with Crippen molar-refractivity contribution in [2.45, 2.75) is 38.3 Å². The lowest BCUT2D eigenvalue weighted by Crippen LogP contribution is -2.28. The third-order valence-electron chi connectivity index (χ3n) is 5.84. The van der Waals surface area contributed by atoms with E-state index in [1.165, 1.54) is 0 Å². The molecule has 0 spiro atoms. The maximum Gasteiger partial charge on any atom is 0.400 e. The molecular weight excluding hydrogens is 457 g/mol. The lowest BCUT2D eigenvalue weighted by atomic mass is 10.1. The van der Waals surface area contributed by atoms with Crippen molar-refractivity contribution in [3.05, 3.63) is 69.8 Å². The molecule has 0 aliphatic heterocycles. The fourth-order valence-corrected chi connectivity index (χ4v) is 5.16. The zero-order valence-corrected chi connectivity index (χ0v) is 18.8. The number of aromatic nitrogens is 4. The van der Waals surface area contributed by atoms with E-state index in [0.29, 0.717) is 21.5 Å². The molecule has 9 heteroatoms. The second-order valence-electron chi connectivity index (χ2n) is 8.01. The van der Waals surface area contributed by atoms with Gasteiger partial charge in [0.2, 0.25) is 0 Å². The standard InChI is InChI=1S/C23H18ClF3N4S/c1-13-7-9-15(10-8-13)31-14(2)18(28-19(31)16-5-3-4-6-17(16)24)20-29-30-21(32-20)22(11-12-22)23(25,26)27/h3-10H,11-12H2,1-2H3. The monoisotopic (exact) mass is 474 g/mol. The van der Waals surface area contributed by atoms with Gasteiger partial charge >= 0.3 is 6.18 Å². The topological polar surface area (TPSA) is 43.6 Å². The van der Waals surface area contributed by atoms with E-state index in [-0.39, 0.29) is 17.8 Å². The zero-order chi connectivity index (χ0) is 22.7. The summed E-state index contributed by atoms with van der Waals surface area (Å²) in [5, 5.41) is 8.93. The van der Waals surface area contributed by atoms with E-state index in [4.69, 9.17) is 16.6 Å². The maximum atomic E-state index is 13.6. The first kappa shape index (κ1) is 21.2. The molecule has 2 heterocycles. The third kappa shape index (κ3) is 3.33. The van der Waals surface area contributed by atoms with Crippen molar-refractivity contribution in [1.29, 1.82) is 0 Å². The molecule has 1 saturated carbocycles. The van der Waals surface area contributed by atoms with Crippen LogP contribution >= 0.6 is 22.9 Å². The van der Waals surface area contributed by atoms with Gasteiger partial charge in [-0.25, -0.2) is 4.98 Å². The Morgan fingerprint density at radius 1 is 1.00 bits per heavy atom. The summed E-state index contributed by atoms with van der Waals surface area (Å²) >= 11 is 7.43. The van der Waals surface area contributed by atoms with Gasteiger partial charge in [-0.3, -0.25) is 4.57 Å². The maximum absolute atomic E-state index is 13.6. The molecule has 0 unspecified atom stereocenters. The molecule has 4 aromatic rings. The van der Waals surface area contributed by atoms with Crippen LogP contribution in [0.5, 0.6) is 0 Å². The fraction of sp³-hybridized carbons (Fsp3) is 0.261. The predicted octanol–water partition coefficient (Wildman–Crippen LogP) is 6.92. The summed E-state index contributed by atoms with van der Waals surface area (Å²) < 4.78 is 42.6. The van der Waals surface area contributed by atoms with E-state index in [0.717, 1.165) is 33.8 Å². The molecular formula is C23H18ClF3N4S. The highest BCUT2D eigenvalue weighted by molar-refractivity contribution is 7.14. The minimum Gasteiger partial charge on any atom is -0.296 e. The summed E-state index contributed by atoms with van der Waals surface area (Å²) in [6.07, 6.45) is -4.23. The first-order valence-corrected chi connectivity index (χ1v) is 11.2. The molecule has 4 nitrogen and oxygen atoms in total. The highest BCUT2D eigenvalue weighted by atomic mass is 35.5. The predicted molar refractivity (Wildman–Crippen MR) is 119 cm³/mol. The largest absolute Gasteiger partial charge is 0.400 e. The Balaban J connectivity index is 1.68. The van der Waals surface area contributed by atoms with Gasteiger partial charge in [-0.2, -0.15) is 13.2 Å². The number of nitrogens with zero attached hydrogens (tertiary/aromatic N) is 4. The molecule has 2 aromatic carbocycles. The van der Waals surface area contributed by atoms with Crippen LogP contribution in [0.15, 0.2) is 48.5 Å². The van der Waals surface area contributed by atoms with Gasteiger partial charge in [-0.05, 0) is 51.0 Å². The van der Waals surface area contributed by atoms with Crippen LogP contribution in [0.2, 0.25) is 5.02 Å². The van der Waals surface area contributed by atoms with Gasteiger partial charge in [0.05, 0.1) is 10.7 Å². The summed E-state index contributed by atoms with van der Waals surface area (Å²) in [5.74, 6) is 0.598. The average Bonchev–Trinajstić information content (AvgIpc) is 3.32. The Bertz CT molecular complexity index is 1300. The lowest BCUT2D eigenvalue weighted by molar-refractivity contribution is -0.160. The van der Waals surface area contributed by atoms with E-state index in [9.17, 15) is 13.2 Å². The van der Waals surface area contributed by atoms with E-state index in [1.807, 2.05) is 60.9 Å². The van der Waals surface area contributed by atoms with Crippen LogP contribution in [0.25, 0.3) is 27.8 Å². The minimum absolute atomic E-state index is 0.00331. The summed E-state index contributed by atoms with van der Waals surface area (Å²) in [6, 6.07) is 15.3. The number of rotatable bonds is 4. The van der Waals surface area contributed by atoms with Crippen molar-refractivity contribution in [2.75, 3.05) is 0 Å². The van der Waals surface area contributed by atoms with E-state index in [1.54, 1.807) is 6.07 Å². The second kappa shape index (κ2) is 7.42. The van der Waals surface area contributed by atoms with Crippen LogP contribution < -0.4 is 0 Å². The van der Waals surface area contributed by atoms with Gasteiger partial charge in [0, 0.05) is 11.3 Å². The first-order chi connectivity index (χ1) is 15.2. The summed E-state index contributed by atoms with van der Waals surface area (Å²) in [4.78, 5) is 4.79. The van der Waals surface area contributed by atoms with Crippen molar-refractivity contribution in [2.24, 2.45) is 0 Å². The molecule has 0 atom stereocenters. The van der Waals surface area contributed by atoms with Crippen molar-refractivity contribution in [3.63, 3.8) is 0 Å². The Labute approximate surface area is 191 Å². The molecule has 5 rings (SSSR count). The molecule has 0 bridgehead atoms. The van der Waals surface area contributed by atoms with Gasteiger partial charge in [-0.1, -0.05) is 52.8 Å². The number of aryl methyl sites for hydroxylation is 1. The average molecular weight is 475 g/mol. The number of hydrogen-bond donors (Lipinski definition) is 0. The van der Waals surface area contributed by atoms with Crippen molar-refractivity contribution >= 4 is 22.9 Å². The van der Waals surface area contributed by atoms with Gasteiger partial charge in [0.15, 0.2) is 5.01 Å². The first-order valence-electron chi connectivity index (χ1n) is 10.0. The summed E-state index contributed by atoms with van der Waals surface area (Å²) in [6.45, 7) is 3.88. The second-order valence-corrected chi connectivity index (χ2v) is 9.40. The van der Waals surface area contributed by atoms with Crippen LogP contribution in [0, 0.1) is 13.8 Å². The molecule has 0 radical (unpaired) electrons. The molecule has 0 N–H and O–H groups in total. The summed E-state index contributed by atoms with van der Waals surface area (Å²) in [5.41, 5.74) is 2.11. The molecule has 164 valence electrons. The highest BCUT2D eigenvalue weighted by Gasteiger charge is 2.66. The van der Waals surface area contributed by atoms with Crippen LogP contribution in [0.1, 0.15) is 29.1 Å². The lowest BCUT2D eigenvalue weighted by Gasteiger charge is -2.15. The van der Waals surface area contributed by atoms with Crippen molar-refractivity contribution in [3.8, 4) is 27.8 Å². The molecule has 32 heavy (non-hydrogen) atoms. The number of benzene rings is 2. The van der Waals surface area contributed by atoms with Gasteiger partial charge in [0.25, 0.3) is 0 Å². The molecule has 0 amide bonds. The van der Waals surface area contributed by atoms with Crippen LogP contribution in [-0.4, -0.2) is 25.9 Å². The number of halogens is 4. The Morgan fingerprint density at radius 2 is 1.69 bits per heavy atom. The van der Waals surface area contributed by atoms with Gasteiger partial charge in [-0.15, -0.1) is 10.2 Å². The van der Waals surface area contributed by atoms with E-state index < -0.39 is 11.6 Å². The minimum atomic E-state index is -4.33. The molecule has 1 fully saturated rings. The molecule has 0 saturated heterocycles. The van der Waals surface area contributed by atoms with Crippen molar-refractivity contribution < 1.29 is 13.2 Å². The number of hydrogen-bond acceptors (Lipinski definition) is 4. The summed E-state index contributed by atoms with van der Waals surface area (Å²) in [7, 11) is 0. The number of imidazole rings is 1. The quantitative estimate of drug-likeness (QED) is 0.322. The smallest absolute Gasteiger partial charge is 0.296 e. The van der Waals surface area contributed by atoms with E-state index in [2.05, 4.69) is 10.2 Å². The highest BCUT2D eigenvalue weighted by Crippen LogP contribution is 2.59. The molecule has 1 aliphatic rings. The Morgan fingerprint density at radius 3 is 2.31 bits per heavy atom. The number of alkyl halides is 3. The van der Waals surface area contributed by atoms with Crippen LogP contribution in [0.3, 0.4) is 0 Å². The Kier molecular flexibility index (Phi) is 4.90. The van der Waals surface area contributed by atoms with Crippen molar-refractivity contribution in [1.82, 2.24) is 19.7 Å². The van der Waals surface area contributed by atoms with Gasteiger partial charge < -0.3 is 0 Å². The van der Waals surface area contributed by atoms with Crippen LogP contribution in [0.4, 0.5) is 13.2 Å². The normalized spacial score (nSPS) is 15.2. The molecule has 1 aliphatic carbocycles. The zero-order valence-electron chi connectivity index (χ0n) is 17.2. The van der Waals surface area contributed by atoms with E-state index >= 15 is 0 Å². The fourth-order valence-electron chi connectivity index (χ4n) is 3.79. The van der Waals surface area contributed by atoms with Gasteiger partial charge in [0.1, 0.15) is 21.9 Å². The third-order valence-corrected chi connectivity index (χ3v) is 7.31. The Hall–Kier alpha value is -2.71. The SMILES string of the molecule is Cc1ccc(-n2c(-c3ccccc3Cl)nc(-c3nnc(C4(C(F)(F)F)CC4)s3)c2C)cc1.